The van der Waals surface area contributed by atoms with Crippen molar-refractivity contribution in [2.75, 3.05) is 32.7 Å². The van der Waals surface area contributed by atoms with E-state index in [4.69, 9.17) is 27.9 Å². The predicted molar refractivity (Wildman–Crippen MR) is 120 cm³/mol. The van der Waals surface area contributed by atoms with E-state index in [1.54, 1.807) is 12.1 Å². The predicted octanol–water partition coefficient (Wildman–Crippen LogP) is 4.80. The molecular weight excluding hydrogens is 423 g/mol. The van der Waals surface area contributed by atoms with Crippen LogP contribution in [0.5, 0.6) is 5.75 Å². The van der Waals surface area contributed by atoms with E-state index >= 15 is 0 Å². The number of ether oxygens (including phenoxy) is 1. The minimum Gasteiger partial charge on any atom is -0.490 e. The number of aliphatic carboxylic acids is 1. The van der Waals surface area contributed by atoms with Gasteiger partial charge in [-0.2, -0.15) is 0 Å². The lowest BCUT2D eigenvalue weighted by Crippen LogP contribution is -2.47. The average Bonchev–Trinajstić information content (AvgIpc) is 3.23. The molecule has 1 aromatic rings. The van der Waals surface area contributed by atoms with Crippen molar-refractivity contribution in [2.24, 2.45) is 11.8 Å². The van der Waals surface area contributed by atoms with Crippen molar-refractivity contribution in [3.05, 3.63) is 28.2 Å². The molecule has 1 N–H and O–H groups in total. The second kappa shape index (κ2) is 10.1. The van der Waals surface area contributed by atoms with Crippen molar-refractivity contribution in [1.29, 1.82) is 0 Å². The Morgan fingerprint density at radius 1 is 1.00 bits per heavy atom. The van der Waals surface area contributed by atoms with Gasteiger partial charge in [-0.1, -0.05) is 29.6 Å². The summed E-state index contributed by atoms with van der Waals surface area (Å²) >= 11 is 12.1. The molecule has 3 fully saturated rings. The molecule has 0 amide bonds. The van der Waals surface area contributed by atoms with Crippen molar-refractivity contribution in [2.45, 2.75) is 57.1 Å². The quantitative estimate of drug-likeness (QED) is 0.668. The van der Waals surface area contributed by atoms with Gasteiger partial charge in [0.1, 0.15) is 11.9 Å². The molecule has 3 aliphatic rings. The summed E-state index contributed by atoms with van der Waals surface area (Å²) in [5.41, 5.74) is 0. The minimum atomic E-state index is -0.606. The van der Waals surface area contributed by atoms with Gasteiger partial charge < -0.3 is 14.7 Å². The second-order valence-corrected chi connectivity index (χ2v) is 9.93. The van der Waals surface area contributed by atoms with Crippen LogP contribution >= 0.6 is 23.2 Å². The first-order valence-corrected chi connectivity index (χ1v) is 12.1. The number of likely N-dealkylation sites (tertiary alicyclic amines) is 2. The summed E-state index contributed by atoms with van der Waals surface area (Å²) in [6.45, 7) is 5.39. The summed E-state index contributed by atoms with van der Waals surface area (Å²) in [6, 6.07) is 5.72. The van der Waals surface area contributed by atoms with Crippen LogP contribution in [0.4, 0.5) is 0 Å². The monoisotopic (exact) mass is 454 g/mol. The normalized spacial score (nSPS) is 27.4. The number of hydrogen-bond donors (Lipinski definition) is 1. The summed E-state index contributed by atoms with van der Waals surface area (Å²) in [7, 11) is 0. The number of piperidine rings is 2. The molecular formula is C23H32Cl2N2O3. The first-order chi connectivity index (χ1) is 14.5. The van der Waals surface area contributed by atoms with Gasteiger partial charge in [0.05, 0.1) is 16.0 Å². The zero-order valence-electron chi connectivity index (χ0n) is 17.4. The fourth-order valence-corrected chi connectivity index (χ4v) is 5.74. The number of carbonyl (C=O) groups is 1. The topological polar surface area (TPSA) is 53.0 Å². The van der Waals surface area contributed by atoms with Gasteiger partial charge in [0.15, 0.2) is 0 Å². The van der Waals surface area contributed by atoms with Gasteiger partial charge in [0, 0.05) is 31.7 Å². The van der Waals surface area contributed by atoms with Crippen molar-refractivity contribution in [3.8, 4) is 5.75 Å². The third-order valence-corrected chi connectivity index (χ3v) is 7.90. The van der Waals surface area contributed by atoms with E-state index in [1.165, 1.54) is 12.8 Å². The lowest BCUT2D eigenvalue weighted by atomic mass is 9.92. The number of hydrogen-bond acceptors (Lipinski definition) is 4. The first-order valence-electron chi connectivity index (χ1n) is 11.3. The van der Waals surface area contributed by atoms with Crippen molar-refractivity contribution in [1.82, 2.24) is 9.80 Å². The summed E-state index contributed by atoms with van der Waals surface area (Å²) < 4.78 is 6.11. The third-order valence-electron chi connectivity index (χ3n) is 7.16. The van der Waals surface area contributed by atoms with Crippen LogP contribution in [0.3, 0.4) is 0 Å². The van der Waals surface area contributed by atoms with Gasteiger partial charge in [0.2, 0.25) is 0 Å². The van der Waals surface area contributed by atoms with Crippen molar-refractivity contribution in [3.63, 3.8) is 0 Å². The molecule has 5 nitrogen and oxygen atoms in total. The Bertz CT molecular complexity index is 731. The molecule has 0 aromatic heterocycles. The molecule has 7 heteroatoms. The zero-order chi connectivity index (χ0) is 21.1. The highest BCUT2D eigenvalue weighted by molar-refractivity contribution is 6.42. The maximum Gasteiger partial charge on any atom is 0.308 e. The number of halogens is 2. The molecule has 4 rings (SSSR count). The molecule has 0 unspecified atom stereocenters. The highest BCUT2D eigenvalue weighted by Gasteiger charge is 2.38. The Kier molecular flexibility index (Phi) is 7.45. The third kappa shape index (κ3) is 5.42. The summed E-state index contributed by atoms with van der Waals surface area (Å²) in [5.74, 6) is 0.752. The molecule has 1 aliphatic carbocycles. The lowest BCUT2D eigenvalue weighted by molar-refractivity contribution is -0.143. The summed E-state index contributed by atoms with van der Waals surface area (Å²) in [6.07, 6.45) is 7.61. The fourth-order valence-electron chi connectivity index (χ4n) is 5.45. The van der Waals surface area contributed by atoms with Crippen LogP contribution in [0.2, 0.25) is 10.0 Å². The molecule has 2 aliphatic heterocycles. The Morgan fingerprint density at radius 3 is 2.40 bits per heavy atom. The van der Waals surface area contributed by atoms with Gasteiger partial charge in [-0.05, 0) is 69.7 Å². The van der Waals surface area contributed by atoms with E-state index in [-0.39, 0.29) is 18.1 Å². The zero-order valence-corrected chi connectivity index (χ0v) is 19.0. The average molecular weight is 455 g/mol. The van der Waals surface area contributed by atoms with Crippen molar-refractivity contribution < 1.29 is 14.6 Å². The van der Waals surface area contributed by atoms with E-state index in [9.17, 15) is 9.90 Å². The van der Waals surface area contributed by atoms with Gasteiger partial charge in [0.25, 0.3) is 0 Å². The summed E-state index contributed by atoms with van der Waals surface area (Å²) in [5, 5.41) is 10.6. The Morgan fingerprint density at radius 2 is 1.73 bits per heavy atom. The number of rotatable bonds is 6. The van der Waals surface area contributed by atoms with Crippen LogP contribution < -0.4 is 4.74 Å². The first kappa shape index (κ1) is 22.2. The smallest absolute Gasteiger partial charge is 0.308 e. The number of benzene rings is 1. The van der Waals surface area contributed by atoms with Crippen molar-refractivity contribution >= 4 is 29.2 Å². The lowest BCUT2D eigenvalue weighted by Gasteiger charge is -2.40. The minimum absolute atomic E-state index is 0.156. The number of nitrogens with zero attached hydrogens (tertiary/aromatic N) is 2. The molecule has 1 aromatic carbocycles. The maximum atomic E-state index is 11.5. The number of carboxylic acids is 1. The van der Waals surface area contributed by atoms with Gasteiger partial charge >= 0.3 is 5.97 Å². The molecule has 1 saturated carbocycles. The SMILES string of the molecule is O=C(O)[C@H]1CCC[C@H]1N1CCC(CN2CCC(Oc3ccc(Cl)c(Cl)c3)CC2)CC1. The van der Waals surface area contributed by atoms with Gasteiger partial charge in [-0.3, -0.25) is 9.69 Å². The molecule has 30 heavy (non-hydrogen) atoms. The Balaban J connectivity index is 1.18. The molecule has 2 saturated heterocycles. The van der Waals surface area contributed by atoms with Crippen LogP contribution in [0.1, 0.15) is 44.9 Å². The maximum absolute atomic E-state index is 11.5. The van der Waals surface area contributed by atoms with E-state index in [0.29, 0.717) is 10.0 Å². The highest BCUT2D eigenvalue weighted by atomic mass is 35.5. The summed E-state index contributed by atoms with van der Waals surface area (Å²) in [4.78, 5) is 16.5. The molecule has 0 bridgehead atoms. The molecule has 0 spiro atoms. The van der Waals surface area contributed by atoms with Gasteiger partial charge in [-0.15, -0.1) is 0 Å². The van der Waals surface area contributed by atoms with Crippen LogP contribution in [-0.4, -0.2) is 65.7 Å². The molecule has 0 radical (unpaired) electrons. The molecule has 2 atom stereocenters. The standard InChI is InChI=1S/C23H32Cl2N2O3/c24-20-5-4-18(14-21(20)25)30-17-8-10-26(11-9-17)15-16-6-12-27(13-7-16)22-3-1-2-19(22)23(28)29/h4-5,14,16-17,19,22H,1-3,6-13,15H2,(H,28,29)/t19-,22+/m0/s1. The molecule has 2 heterocycles. The largest absolute Gasteiger partial charge is 0.490 e. The Hall–Kier alpha value is -1.01. The number of carboxylic acid groups (broad SMARTS) is 1. The fraction of sp³-hybridized carbons (Fsp3) is 0.696. The van der Waals surface area contributed by atoms with E-state index in [1.807, 2.05) is 6.07 Å². The van der Waals surface area contributed by atoms with E-state index in [0.717, 1.165) is 76.5 Å². The van der Waals surface area contributed by atoms with E-state index in [2.05, 4.69) is 9.80 Å². The van der Waals surface area contributed by atoms with Gasteiger partial charge in [-0.25, -0.2) is 0 Å². The molecule has 166 valence electrons. The van der Waals surface area contributed by atoms with E-state index < -0.39 is 5.97 Å². The second-order valence-electron chi connectivity index (χ2n) is 9.12. The van der Waals surface area contributed by atoms with Crippen LogP contribution in [0.15, 0.2) is 18.2 Å². The van der Waals surface area contributed by atoms with Crippen LogP contribution in [-0.2, 0) is 4.79 Å². The van der Waals surface area contributed by atoms with Crippen LogP contribution in [0.25, 0.3) is 0 Å². The highest BCUT2D eigenvalue weighted by Crippen LogP contribution is 2.33. The Labute approximate surface area is 189 Å². The van der Waals surface area contributed by atoms with Crippen LogP contribution in [0, 0.1) is 11.8 Å².